The molecular formula is C14H23NO. The van der Waals surface area contributed by atoms with Crippen LogP contribution in [-0.4, -0.2) is 5.91 Å². The molecule has 1 amide bonds. The molecule has 0 saturated carbocycles. The van der Waals surface area contributed by atoms with E-state index in [1.807, 2.05) is 43.4 Å². The van der Waals surface area contributed by atoms with Crippen LogP contribution in [0.3, 0.4) is 0 Å². The Balaban J connectivity index is 4.06. The molecule has 0 heterocycles. The number of allylic oxidation sites excluding steroid dienone is 5. The van der Waals surface area contributed by atoms with E-state index in [0.717, 1.165) is 25.7 Å². The molecule has 0 bridgehead atoms. The van der Waals surface area contributed by atoms with E-state index in [9.17, 15) is 4.79 Å². The number of hydrogen-bond donors (Lipinski definition) is 1. The first-order chi connectivity index (χ1) is 7.72. The molecular weight excluding hydrogens is 198 g/mol. The second-order valence-corrected chi connectivity index (χ2v) is 3.80. The molecule has 0 aliphatic rings. The Hall–Kier alpha value is -1.31. The van der Waals surface area contributed by atoms with Crippen LogP contribution in [0.15, 0.2) is 36.5 Å². The van der Waals surface area contributed by atoms with E-state index < -0.39 is 0 Å². The number of amides is 1. The van der Waals surface area contributed by atoms with Gasteiger partial charge in [-0.3, -0.25) is 4.79 Å². The van der Waals surface area contributed by atoms with E-state index in [4.69, 9.17) is 5.73 Å². The van der Waals surface area contributed by atoms with Crippen molar-refractivity contribution in [2.75, 3.05) is 0 Å². The van der Waals surface area contributed by atoms with Crippen molar-refractivity contribution in [2.24, 2.45) is 11.7 Å². The maximum atomic E-state index is 11.1. The van der Waals surface area contributed by atoms with Crippen LogP contribution in [0.4, 0.5) is 0 Å². The smallest absolute Gasteiger partial charge is 0.224 e. The van der Waals surface area contributed by atoms with Gasteiger partial charge in [-0.25, -0.2) is 0 Å². The lowest BCUT2D eigenvalue weighted by Crippen LogP contribution is -2.21. The van der Waals surface area contributed by atoms with Crippen LogP contribution in [0.25, 0.3) is 0 Å². The Labute approximate surface area is 98.9 Å². The lowest BCUT2D eigenvalue weighted by Gasteiger charge is -2.06. The Kier molecular flexibility index (Phi) is 9.38. The van der Waals surface area contributed by atoms with E-state index in [0.29, 0.717) is 0 Å². The minimum absolute atomic E-state index is 0.123. The van der Waals surface area contributed by atoms with Crippen LogP contribution in [0.5, 0.6) is 0 Å². The van der Waals surface area contributed by atoms with Gasteiger partial charge in [-0.05, 0) is 13.3 Å². The Morgan fingerprint density at radius 3 is 2.44 bits per heavy atom. The van der Waals surface area contributed by atoms with Gasteiger partial charge in [-0.15, -0.1) is 0 Å². The monoisotopic (exact) mass is 221 g/mol. The van der Waals surface area contributed by atoms with Gasteiger partial charge in [0.15, 0.2) is 0 Å². The van der Waals surface area contributed by atoms with Crippen molar-refractivity contribution in [1.82, 2.24) is 0 Å². The average Bonchev–Trinajstić information content (AvgIpc) is 2.26. The number of primary amides is 1. The standard InChI is InChI=1S/C14H23NO/c1-3-5-7-8-10-12-13(14(15)16)11-9-6-4-2/h3,5,7-8,10,12-13H,4,6,9,11H2,1-2H3,(H2,15,16)/b5-3+,8-7+,12-10+. The van der Waals surface area contributed by atoms with E-state index >= 15 is 0 Å². The van der Waals surface area contributed by atoms with Crippen LogP contribution in [-0.2, 0) is 4.79 Å². The maximum Gasteiger partial charge on any atom is 0.224 e. The second kappa shape index (κ2) is 10.2. The molecule has 0 aromatic heterocycles. The van der Waals surface area contributed by atoms with Crippen molar-refractivity contribution in [3.05, 3.63) is 36.5 Å². The van der Waals surface area contributed by atoms with Crippen LogP contribution < -0.4 is 5.73 Å². The summed E-state index contributed by atoms with van der Waals surface area (Å²) in [4.78, 5) is 11.1. The van der Waals surface area contributed by atoms with Crippen LogP contribution >= 0.6 is 0 Å². The number of rotatable bonds is 8. The Bertz CT molecular complexity index is 264. The highest BCUT2D eigenvalue weighted by atomic mass is 16.1. The molecule has 1 unspecified atom stereocenters. The molecule has 0 aliphatic heterocycles. The summed E-state index contributed by atoms with van der Waals surface area (Å²) in [7, 11) is 0. The highest BCUT2D eigenvalue weighted by molar-refractivity contribution is 5.78. The lowest BCUT2D eigenvalue weighted by atomic mass is 10.00. The molecule has 2 heteroatoms. The number of unbranched alkanes of at least 4 members (excludes halogenated alkanes) is 2. The molecule has 0 fully saturated rings. The number of nitrogens with two attached hydrogens (primary N) is 1. The molecule has 2 N–H and O–H groups in total. The van der Waals surface area contributed by atoms with Gasteiger partial charge >= 0.3 is 0 Å². The number of carbonyl (C=O) groups is 1. The summed E-state index contributed by atoms with van der Waals surface area (Å²) in [5, 5.41) is 0. The zero-order chi connectivity index (χ0) is 12.2. The van der Waals surface area contributed by atoms with Crippen molar-refractivity contribution in [3.63, 3.8) is 0 Å². The first-order valence-corrected chi connectivity index (χ1v) is 5.97. The largest absolute Gasteiger partial charge is 0.369 e. The molecule has 1 atom stereocenters. The molecule has 90 valence electrons. The minimum Gasteiger partial charge on any atom is -0.369 e. The van der Waals surface area contributed by atoms with Gasteiger partial charge in [0, 0.05) is 0 Å². The van der Waals surface area contributed by atoms with Crippen molar-refractivity contribution < 1.29 is 4.79 Å². The summed E-state index contributed by atoms with van der Waals surface area (Å²) in [5.74, 6) is -0.353. The fraction of sp³-hybridized carbons (Fsp3) is 0.500. The molecule has 0 aromatic rings. The first-order valence-electron chi connectivity index (χ1n) is 5.97. The predicted molar refractivity (Wildman–Crippen MR) is 69.9 cm³/mol. The zero-order valence-electron chi connectivity index (χ0n) is 10.4. The third-order valence-electron chi connectivity index (χ3n) is 2.35. The predicted octanol–water partition coefficient (Wildman–Crippen LogP) is 3.36. The lowest BCUT2D eigenvalue weighted by molar-refractivity contribution is -0.120. The molecule has 2 nitrogen and oxygen atoms in total. The summed E-state index contributed by atoms with van der Waals surface area (Å²) in [5.41, 5.74) is 5.33. The maximum absolute atomic E-state index is 11.1. The highest BCUT2D eigenvalue weighted by Crippen LogP contribution is 2.11. The van der Waals surface area contributed by atoms with Crippen molar-refractivity contribution in [2.45, 2.75) is 39.5 Å². The molecule has 0 radical (unpaired) electrons. The van der Waals surface area contributed by atoms with Crippen molar-refractivity contribution in [1.29, 1.82) is 0 Å². The number of carbonyl (C=O) groups excluding carboxylic acids is 1. The Morgan fingerprint density at radius 1 is 1.19 bits per heavy atom. The van der Waals surface area contributed by atoms with E-state index in [1.54, 1.807) is 0 Å². The molecule has 0 saturated heterocycles. The average molecular weight is 221 g/mol. The fourth-order valence-corrected chi connectivity index (χ4v) is 1.39. The van der Waals surface area contributed by atoms with Gasteiger partial charge < -0.3 is 5.73 Å². The summed E-state index contributed by atoms with van der Waals surface area (Å²) in [6, 6.07) is 0. The van der Waals surface area contributed by atoms with Gasteiger partial charge in [0.2, 0.25) is 5.91 Å². The normalized spacial score (nSPS) is 14.1. The van der Waals surface area contributed by atoms with Gasteiger partial charge in [0.25, 0.3) is 0 Å². The van der Waals surface area contributed by atoms with Crippen molar-refractivity contribution >= 4 is 5.91 Å². The summed E-state index contributed by atoms with van der Waals surface area (Å²) >= 11 is 0. The summed E-state index contributed by atoms with van der Waals surface area (Å²) in [6.07, 6.45) is 15.8. The van der Waals surface area contributed by atoms with E-state index in [-0.39, 0.29) is 11.8 Å². The SMILES string of the molecule is C/C=C/C=C/C=C/C(CCCCC)C(N)=O. The molecule has 0 aliphatic carbocycles. The zero-order valence-corrected chi connectivity index (χ0v) is 10.4. The van der Waals surface area contributed by atoms with E-state index in [2.05, 4.69) is 6.92 Å². The third-order valence-corrected chi connectivity index (χ3v) is 2.35. The highest BCUT2D eigenvalue weighted by Gasteiger charge is 2.09. The Morgan fingerprint density at radius 2 is 1.88 bits per heavy atom. The first kappa shape index (κ1) is 14.7. The second-order valence-electron chi connectivity index (χ2n) is 3.80. The van der Waals surface area contributed by atoms with Gasteiger partial charge in [0.05, 0.1) is 5.92 Å². The van der Waals surface area contributed by atoms with Crippen molar-refractivity contribution in [3.8, 4) is 0 Å². The minimum atomic E-state index is -0.230. The van der Waals surface area contributed by atoms with Crippen LogP contribution in [0, 0.1) is 5.92 Å². The molecule has 0 spiro atoms. The fourth-order valence-electron chi connectivity index (χ4n) is 1.39. The summed E-state index contributed by atoms with van der Waals surface area (Å²) < 4.78 is 0. The van der Waals surface area contributed by atoms with Crippen LogP contribution in [0.1, 0.15) is 39.5 Å². The topological polar surface area (TPSA) is 43.1 Å². The van der Waals surface area contributed by atoms with Gasteiger partial charge in [-0.2, -0.15) is 0 Å². The number of hydrogen-bond acceptors (Lipinski definition) is 1. The molecule has 16 heavy (non-hydrogen) atoms. The summed E-state index contributed by atoms with van der Waals surface area (Å²) in [6.45, 7) is 4.11. The van der Waals surface area contributed by atoms with Gasteiger partial charge in [0.1, 0.15) is 0 Å². The molecule has 0 rings (SSSR count). The third kappa shape index (κ3) is 8.04. The quantitative estimate of drug-likeness (QED) is 0.495. The van der Waals surface area contributed by atoms with Crippen LogP contribution in [0.2, 0.25) is 0 Å². The van der Waals surface area contributed by atoms with E-state index in [1.165, 1.54) is 0 Å². The van der Waals surface area contributed by atoms with Gasteiger partial charge in [-0.1, -0.05) is 62.6 Å². The molecule has 0 aromatic carbocycles.